The van der Waals surface area contributed by atoms with Gasteiger partial charge in [0.2, 0.25) is 15.9 Å². The van der Waals surface area contributed by atoms with Crippen molar-refractivity contribution in [1.82, 2.24) is 9.21 Å². The second-order valence-corrected chi connectivity index (χ2v) is 9.74. The van der Waals surface area contributed by atoms with Crippen molar-refractivity contribution in [2.75, 3.05) is 38.1 Å². The Hall–Kier alpha value is -2.38. The Labute approximate surface area is 172 Å². The summed E-state index contributed by atoms with van der Waals surface area (Å²) >= 11 is 0. The molecular formula is C22H27N3O3S. The topological polar surface area (TPSA) is 60.9 Å². The van der Waals surface area contributed by atoms with Crippen molar-refractivity contribution >= 4 is 21.6 Å². The summed E-state index contributed by atoms with van der Waals surface area (Å²) in [5.41, 5.74) is 2.33. The van der Waals surface area contributed by atoms with E-state index in [0.29, 0.717) is 43.9 Å². The highest BCUT2D eigenvalue weighted by molar-refractivity contribution is 7.89. The molecule has 154 valence electrons. The molecule has 0 aliphatic carbocycles. The molecular weight excluding hydrogens is 386 g/mol. The average Bonchev–Trinajstić information content (AvgIpc) is 2.93. The van der Waals surface area contributed by atoms with E-state index in [9.17, 15) is 13.2 Å². The third-order valence-electron chi connectivity index (χ3n) is 5.97. The van der Waals surface area contributed by atoms with Crippen molar-refractivity contribution in [3.63, 3.8) is 0 Å². The van der Waals surface area contributed by atoms with Crippen LogP contribution in [0.2, 0.25) is 0 Å². The highest BCUT2D eigenvalue weighted by atomic mass is 32.2. The van der Waals surface area contributed by atoms with Gasteiger partial charge in [-0.2, -0.15) is 4.31 Å². The van der Waals surface area contributed by atoms with E-state index in [1.54, 1.807) is 30.3 Å². The van der Waals surface area contributed by atoms with E-state index in [1.165, 1.54) is 9.99 Å². The molecule has 2 heterocycles. The van der Waals surface area contributed by atoms with Crippen molar-refractivity contribution in [3.8, 4) is 0 Å². The Morgan fingerprint density at radius 1 is 0.897 bits per heavy atom. The highest BCUT2D eigenvalue weighted by Crippen LogP contribution is 2.28. The minimum Gasteiger partial charge on any atom is -0.373 e. The molecule has 1 amide bonds. The van der Waals surface area contributed by atoms with E-state index in [0.717, 1.165) is 12.1 Å². The molecule has 7 heteroatoms. The number of carbonyl (C=O) groups excluding carboxylic acids is 1. The number of carbonyl (C=O) groups is 1. The molecule has 0 atom stereocenters. The fourth-order valence-electron chi connectivity index (χ4n) is 4.22. The number of benzene rings is 2. The molecule has 4 rings (SSSR count). The van der Waals surface area contributed by atoms with Crippen LogP contribution in [0.15, 0.2) is 59.5 Å². The lowest BCUT2D eigenvalue weighted by Crippen LogP contribution is -2.45. The maximum atomic E-state index is 13.2. The average molecular weight is 414 g/mol. The SMILES string of the molecule is CN1CCN(C(=O)C2CCN(S(=O)(=O)c3ccccc3)CC2)Cc2ccccc21. The summed E-state index contributed by atoms with van der Waals surface area (Å²) in [6, 6.07) is 16.7. The zero-order valence-electron chi connectivity index (χ0n) is 16.7. The third-order valence-corrected chi connectivity index (χ3v) is 7.88. The number of anilines is 1. The van der Waals surface area contributed by atoms with Gasteiger partial charge in [0.1, 0.15) is 0 Å². The molecule has 6 nitrogen and oxygen atoms in total. The van der Waals surface area contributed by atoms with Crippen LogP contribution in [0.25, 0.3) is 0 Å². The third kappa shape index (κ3) is 4.02. The van der Waals surface area contributed by atoms with E-state index in [-0.39, 0.29) is 11.8 Å². The molecule has 0 radical (unpaired) electrons. The van der Waals surface area contributed by atoms with Crippen LogP contribution in [0.4, 0.5) is 5.69 Å². The standard InChI is InChI=1S/C22H27N3O3S/c1-23-15-16-24(17-19-7-5-6-10-21(19)23)22(26)18-11-13-25(14-12-18)29(27,28)20-8-3-2-4-9-20/h2-10,18H,11-17H2,1H3. The summed E-state index contributed by atoms with van der Waals surface area (Å²) in [6.07, 6.45) is 1.14. The highest BCUT2D eigenvalue weighted by Gasteiger charge is 2.34. The fourth-order valence-corrected chi connectivity index (χ4v) is 5.71. The largest absolute Gasteiger partial charge is 0.373 e. The van der Waals surface area contributed by atoms with Gasteiger partial charge in [0.15, 0.2) is 0 Å². The monoisotopic (exact) mass is 413 g/mol. The summed E-state index contributed by atoms with van der Waals surface area (Å²) in [4.78, 5) is 17.6. The summed E-state index contributed by atoms with van der Waals surface area (Å²) in [7, 11) is -1.43. The van der Waals surface area contributed by atoms with E-state index in [2.05, 4.69) is 24.1 Å². The van der Waals surface area contributed by atoms with Crippen LogP contribution in [-0.2, 0) is 21.4 Å². The normalized spacial score (nSPS) is 18.9. The lowest BCUT2D eigenvalue weighted by atomic mass is 9.96. The second-order valence-electron chi connectivity index (χ2n) is 7.80. The Balaban J connectivity index is 1.42. The van der Waals surface area contributed by atoms with Gasteiger partial charge in [-0.3, -0.25) is 4.79 Å². The van der Waals surface area contributed by atoms with Gasteiger partial charge >= 0.3 is 0 Å². The number of amides is 1. The predicted molar refractivity (Wildman–Crippen MR) is 113 cm³/mol. The quantitative estimate of drug-likeness (QED) is 0.776. The molecule has 29 heavy (non-hydrogen) atoms. The minimum absolute atomic E-state index is 0.118. The predicted octanol–water partition coefficient (Wildman–Crippen LogP) is 2.57. The van der Waals surface area contributed by atoms with Crippen molar-refractivity contribution in [1.29, 1.82) is 0 Å². The molecule has 1 fully saturated rings. The molecule has 0 N–H and O–H groups in total. The van der Waals surface area contributed by atoms with Gasteiger partial charge in [0, 0.05) is 51.4 Å². The first-order valence-electron chi connectivity index (χ1n) is 10.1. The summed E-state index contributed by atoms with van der Waals surface area (Å²) < 4.78 is 27.1. The number of para-hydroxylation sites is 1. The van der Waals surface area contributed by atoms with Crippen LogP contribution in [0, 0.1) is 5.92 Å². The Kier molecular flexibility index (Phi) is 5.61. The van der Waals surface area contributed by atoms with Gasteiger partial charge in [0.05, 0.1) is 4.90 Å². The molecule has 0 bridgehead atoms. The summed E-state index contributed by atoms with van der Waals surface area (Å²) in [6.45, 7) is 2.87. The smallest absolute Gasteiger partial charge is 0.243 e. The summed E-state index contributed by atoms with van der Waals surface area (Å²) in [5, 5.41) is 0. The number of likely N-dealkylation sites (N-methyl/N-ethyl adjacent to an activating group) is 1. The molecule has 2 aliphatic rings. The lowest BCUT2D eigenvalue weighted by Gasteiger charge is -2.33. The van der Waals surface area contributed by atoms with Gasteiger partial charge in [0.25, 0.3) is 0 Å². The molecule has 2 aliphatic heterocycles. The van der Waals surface area contributed by atoms with Crippen LogP contribution in [0.5, 0.6) is 0 Å². The Morgan fingerprint density at radius 3 is 2.28 bits per heavy atom. The van der Waals surface area contributed by atoms with Crippen LogP contribution in [-0.4, -0.2) is 56.8 Å². The zero-order chi connectivity index (χ0) is 20.4. The number of rotatable bonds is 3. The van der Waals surface area contributed by atoms with Gasteiger partial charge in [-0.25, -0.2) is 8.42 Å². The zero-order valence-corrected chi connectivity index (χ0v) is 17.5. The molecule has 0 aromatic heterocycles. The maximum absolute atomic E-state index is 13.2. The second kappa shape index (κ2) is 8.16. The number of piperidine rings is 1. The van der Waals surface area contributed by atoms with Crippen molar-refractivity contribution in [2.45, 2.75) is 24.3 Å². The van der Waals surface area contributed by atoms with Crippen molar-refractivity contribution in [3.05, 3.63) is 60.2 Å². The number of hydrogen-bond donors (Lipinski definition) is 0. The number of hydrogen-bond acceptors (Lipinski definition) is 4. The van der Waals surface area contributed by atoms with Crippen LogP contribution >= 0.6 is 0 Å². The fraction of sp³-hybridized carbons (Fsp3) is 0.409. The van der Waals surface area contributed by atoms with Gasteiger partial charge in [-0.15, -0.1) is 0 Å². The van der Waals surface area contributed by atoms with Gasteiger partial charge in [-0.05, 0) is 36.6 Å². The van der Waals surface area contributed by atoms with Crippen LogP contribution in [0.1, 0.15) is 18.4 Å². The number of fused-ring (bicyclic) bond motifs is 1. The molecule has 0 saturated carbocycles. The van der Waals surface area contributed by atoms with E-state index in [1.807, 2.05) is 17.0 Å². The van der Waals surface area contributed by atoms with Crippen molar-refractivity contribution in [2.24, 2.45) is 5.92 Å². The Bertz CT molecular complexity index is 970. The number of sulfonamides is 1. The van der Waals surface area contributed by atoms with Crippen LogP contribution in [0.3, 0.4) is 0 Å². The lowest BCUT2D eigenvalue weighted by molar-refractivity contribution is -0.137. The van der Waals surface area contributed by atoms with Crippen molar-refractivity contribution < 1.29 is 13.2 Å². The molecule has 1 saturated heterocycles. The maximum Gasteiger partial charge on any atom is 0.243 e. The van der Waals surface area contributed by atoms with E-state index in [4.69, 9.17) is 0 Å². The first-order valence-corrected chi connectivity index (χ1v) is 11.5. The van der Waals surface area contributed by atoms with Gasteiger partial charge < -0.3 is 9.80 Å². The molecule has 2 aromatic rings. The van der Waals surface area contributed by atoms with Gasteiger partial charge in [-0.1, -0.05) is 36.4 Å². The number of nitrogens with zero attached hydrogens (tertiary/aromatic N) is 3. The van der Waals surface area contributed by atoms with Crippen LogP contribution < -0.4 is 4.90 Å². The molecule has 0 spiro atoms. The van der Waals surface area contributed by atoms with E-state index >= 15 is 0 Å². The summed E-state index contributed by atoms with van der Waals surface area (Å²) in [5.74, 6) is 0.0275. The van der Waals surface area contributed by atoms with E-state index < -0.39 is 10.0 Å². The molecule has 0 unspecified atom stereocenters. The first kappa shape index (κ1) is 19.9. The first-order chi connectivity index (χ1) is 14.0. The Morgan fingerprint density at radius 2 is 1.55 bits per heavy atom. The minimum atomic E-state index is -3.49. The molecule has 2 aromatic carbocycles.